The summed E-state index contributed by atoms with van der Waals surface area (Å²) in [5.74, 6) is -1.38. The van der Waals surface area contributed by atoms with Crippen LogP contribution < -0.4 is 4.74 Å². The van der Waals surface area contributed by atoms with Crippen molar-refractivity contribution >= 4 is 44.9 Å². The smallest absolute Gasteiger partial charge is 0.272 e. The third-order valence-electron chi connectivity index (χ3n) is 8.64. The lowest BCUT2D eigenvalue weighted by Gasteiger charge is -2.32. The molecule has 7 rings (SSSR count). The van der Waals surface area contributed by atoms with Crippen molar-refractivity contribution in [2.24, 2.45) is 0 Å². The molecule has 1 unspecified atom stereocenters. The minimum absolute atomic E-state index is 0.0839. The van der Waals surface area contributed by atoms with Crippen LogP contribution in [0.2, 0.25) is 5.02 Å². The van der Waals surface area contributed by atoms with Gasteiger partial charge >= 0.3 is 0 Å². The van der Waals surface area contributed by atoms with Crippen LogP contribution in [0.25, 0.3) is 28.6 Å². The van der Waals surface area contributed by atoms with Crippen molar-refractivity contribution in [1.82, 2.24) is 14.7 Å². The number of nitriles is 1. The Morgan fingerprint density at radius 3 is 2.28 bits per heavy atom. The van der Waals surface area contributed by atoms with E-state index in [9.17, 15) is 23.3 Å². The van der Waals surface area contributed by atoms with E-state index in [2.05, 4.69) is 0 Å². The predicted octanol–water partition coefficient (Wildman–Crippen LogP) is 6.69. The molecule has 2 aliphatic rings. The Hall–Kier alpha value is -5.76. The number of carbonyl (C=O) groups excluding carboxylic acids is 2. The molecule has 3 heterocycles. The monoisotopic (exact) mass is 700 g/mol. The van der Waals surface area contributed by atoms with Gasteiger partial charge in [0.2, 0.25) is 0 Å². The maximum atomic E-state index is 14.4. The quantitative estimate of drug-likeness (QED) is 0.131. The van der Waals surface area contributed by atoms with Crippen LogP contribution in [0.1, 0.15) is 23.1 Å². The largest absolute Gasteiger partial charge is 0.489 e. The molecule has 0 spiro atoms. The number of ether oxygens (including phenoxy) is 1. The van der Waals surface area contributed by atoms with Gasteiger partial charge in [-0.2, -0.15) is 10.4 Å². The lowest BCUT2D eigenvalue weighted by Crippen LogP contribution is -2.49. The van der Waals surface area contributed by atoms with Crippen LogP contribution >= 0.6 is 11.6 Å². The fourth-order valence-corrected chi connectivity index (χ4v) is 8.04. The Kier molecular flexibility index (Phi) is 8.93. The van der Waals surface area contributed by atoms with Gasteiger partial charge in [0, 0.05) is 27.9 Å². The van der Waals surface area contributed by atoms with Crippen LogP contribution in [0.4, 0.5) is 0 Å². The molecule has 1 aromatic heterocycles. The summed E-state index contributed by atoms with van der Waals surface area (Å²) in [6.45, 7) is 0.313. The fourth-order valence-electron chi connectivity index (χ4n) is 6.21. The van der Waals surface area contributed by atoms with Gasteiger partial charge < -0.3 is 4.74 Å². The van der Waals surface area contributed by atoms with Gasteiger partial charge in [0.25, 0.3) is 11.8 Å². The molecule has 1 fully saturated rings. The Morgan fingerprint density at radius 2 is 1.60 bits per heavy atom. The number of rotatable bonds is 8. The van der Waals surface area contributed by atoms with Gasteiger partial charge in [0.15, 0.2) is 9.84 Å². The molecule has 1 saturated heterocycles. The summed E-state index contributed by atoms with van der Waals surface area (Å²) in [7, 11) is -3.45. The minimum atomic E-state index is -3.45. The van der Waals surface area contributed by atoms with Crippen molar-refractivity contribution < 1.29 is 22.7 Å². The molecular formula is C39H29ClN4O5S. The Morgan fingerprint density at radius 1 is 0.900 bits per heavy atom. The number of benzene rings is 4. The topological polar surface area (TPSA) is 122 Å². The average molecular weight is 701 g/mol. The first-order valence-electron chi connectivity index (χ1n) is 15.8. The summed E-state index contributed by atoms with van der Waals surface area (Å²) in [5.41, 5.74) is 4.00. The van der Waals surface area contributed by atoms with Crippen molar-refractivity contribution in [2.75, 3.05) is 11.5 Å². The van der Waals surface area contributed by atoms with Crippen LogP contribution in [-0.2, 0) is 26.0 Å². The van der Waals surface area contributed by atoms with Crippen molar-refractivity contribution in [3.05, 3.63) is 148 Å². The number of carbonyl (C=O) groups is 2. The van der Waals surface area contributed by atoms with E-state index in [1.54, 1.807) is 59.4 Å². The number of amides is 2. The highest BCUT2D eigenvalue weighted by Crippen LogP contribution is 2.38. The van der Waals surface area contributed by atoms with Gasteiger partial charge in [-0.05, 0) is 60.0 Å². The number of imide groups is 1. The van der Waals surface area contributed by atoms with Crippen LogP contribution in [0.3, 0.4) is 0 Å². The molecule has 1 atom stereocenters. The molecule has 4 aromatic carbocycles. The van der Waals surface area contributed by atoms with Gasteiger partial charge in [-0.1, -0.05) is 84.4 Å². The van der Waals surface area contributed by atoms with E-state index in [-0.39, 0.29) is 34.6 Å². The molecular weight excluding hydrogens is 672 g/mol. The second kappa shape index (κ2) is 13.6. The standard InChI is InChI=1S/C39H29ClN4O5S/c40-30-16-14-26(15-17-30)24-49-33-13-7-10-28(20-33)37-29(23-43(42-37)31-11-5-2-6-12-31)21-34-36(27-8-3-1-4-9-27)35(22-41)39(46)44(38(34)45)32-18-19-50(47,48)25-32/h1-17,20-21,23,32H,18-19,24-25H2/b34-21-. The zero-order chi connectivity index (χ0) is 34.8. The second-order valence-corrected chi connectivity index (χ2v) is 14.6. The molecule has 50 heavy (non-hydrogen) atoms. The van der Waals surface area contributed by atoms with Gasteiger partial charge in [-0.15, -0.1) is 0 Å². The summed E-state index contributed by atoms with van der Waals surface area (Å²) in [4.78, 5) is 29.2. The van der Waals surface area contributed by atoms with E-state index in [4.69, 9.17) is 21.4 Å². The Labute approximate surface area is 294 Å². The molecule has 11 heteroatoms. The molecule has 0 saturated carbocycles. The fraction of sp³-hybridized carbons (Fsp3) is 0.128. The second-order valence-electron chi connectivity index (χ2n) is 12.0. The van der Waals surface area contributed by atoms with Crippen molar-refractivity contribution in [3.8, 4) is 28.8 Å². The average Bonchev–Trinajstić information content (AvgIpc) is 3.72. The molecule has 5 aromatic rings. The van der Waals surface area contributed by atoms with Crippen molar-refractivity contribution in [2.45, 2.75) is 19.1 Å². The first-order valence-corrected chi connectivity index (χ1v) is 18.0. The molecule has 0 N–H and O–H groups in total. The summed E-state index contributed by atoms with van der Waals surface area (Å²) >= 11 is 6.04. The lowest BCUT2D eigenvalue weighted by molar-refractivity contribution is -0.142. The maximum absolute atomic E-state index is 14.4. The number of nitrogens with zero attached hydrogens (tertiary/aromatic N) is 4. The van der Waals surface area contributed by atoms with Gasteiger partial charge in [0.05, 0.1) is 28.8 Å². The van der Waals surface area contributed by atoms with E-state index < -0.39 is 27.7 Å². The molecule has 0 aliphatic carbocycles. The normalized spacial score (nSPS) is 18.0. The maximum Gasteiger partial charge on any atom is 0.272 e. The number of hydrogen-bond donors (Lipinski definition) is 0. The van der Waals surface area contributed by atoms with Crippen molar-refractivity contribution in [1.29, 1.82) is 5.26 Å². The zero-order valence-electron chi connectivity index (χ0n) is 26.6. The van der Waals surface area contributed by atoms with E-state index in [1.807, 2.05) is 72.8 Å². The zero-order valence-corrected chi connectivity index (χ0v) is 28.1. The van der Waals surface area contributed by atoms with Crippen LogP contribution in [-0.4, -0.2) is 52.5 Å². The minimum Gasteiger partial charge on any atom is -0.489 e. The van der Waals surface area contributed by atoms with Crippen molar-refractivity contribution in [3.63, 3.8) is 0 Å². The number of hydrogen-bond acceptors (Lipinski definition) is 7. The summed E-state index contributed by atoms with van der Waals surface area (Å²) in [5, 5.41) is 15.9. The SMILES string of the molecule is N#CC1=C(c2ccccc2)/C(=C/c2cn(-c3ccccc3)nc2-c2cccc(OCc3ccc(Cl)cc3)c2)C(=O)N(C2CCS(=O)(=O)C2)C1=O. The molecule has 0 bridgehead atoms. The van der Waals surface area contributed by atoms with E-state index in [0.717, 1.165) is 16.2 Å². The third-order valence-corrected chi connectivity index (χ3v) is 10.6. The summed E-state index contributed by atoms with van der Waals surface area (Å²) < 4.78 is 32.7. The number of halogens is 1. The van der Waals surface area contributed by atoms with Gasteiger partial charge in [-0.3, -0.25) is 14.5 Å². The van der Waals surface area contributed by atoms with E-state index in [1.165, 1.54) is 0 Å². The van der Waals surface area contributed by atoms with Crippen LogP contribution in [0.5, 0.6) is 5.75 Å². The Bertz CT molecular complexity index is 2330. The lowest BCUT2D eigenvalue weighted by atomic mass is 9.86. The van der Waals surface area contributed by atoms with Crippen LogP contribution in [0.15, 0.2) is 127 Å². The Balaban J connectivity index is 1.37. The molecule has 9 nitrogen and oxygen atoms in total. The number of para-hydroxylation sites is 1. The third kappa shape index (κ3) is 6.61. The van der Waals surface area contributed by atoms with Gasteiger partial charge in [0.1, 0.15) is 29.7 Å². The molecule has 2 amide bonds. The van der Waals surface area contributed by atoms with Crippen LogP contribution in [0, 0.1) is 11.3 Å². The first-order chi connectivity index (χ1) is 24.2. The van der Waals surface area contributed by atoms with E-state index >= 15 is 0 Å². The van der Waals surface area contributed by atoms with E-state index in [0.29, 0.717) is 39.8 Å². The highest BCUT2D eigenvalue weighted by Gasteiger charge is 2.45. The summed E-state index contributed by atoms with van der Waals surface area (Å²) in [6.07, 6.45) is 3.52. The predicted molar refractivity (Wildman–Crippen MR) is 191 cm³/mol. The summed E-state index contributed by atoms with van der Waals surface area (Å²) in [6, 6.07) is 34.2. The number of aromatic nitrogens is 2. The highest BCUT2D eigenvalue weighted by atomic mass is 35.5. The first kappa shape index (κ1) is 32.8. The highest BCUT2D eigenvalue weighted by molar-refractivity contribution is 7.91. The number of sulfone groups is 1. The molecule has 248 valence electrons. The molecule has 2 aliphatic heterocycles. The molecule has 0 radical (unpaired) electrons. The van der Waals surface area contributed by atoms with Gasteiger partial charge in [-0.25, -0.2) is 13.1 Å².